The number of nitrogens with one attached hydrogen (secondary N) is 1. The predicted molar refractivity (Wildman–Crippen MR) is 74.0 cm³/mol. The molecule has 0 saturated carbocycles. The fourth-order valence-corrected chi connectivity index (χ4v) is 2.22. The molecule has 19 heavy (non-hydrogen) atoms. The van der Waals surface area contributed by atoms with Crippen molar-refractivity contribution >= 4 is 16.7 Å². The molecule has 0 amide bonds. The number of hydrogen-bond donors (Lipinski definition) is 2. The van der Waals surface area contributed by atoms with Crippen molar-refractivity contribution in [1.82, 2.24) is 4.98 Å². The summed E-state index contributed by atoms with van der Waals surface area (Å²) >= 11 is 0. The van der Waals surface area contributed by atoms with Gasteiger partial charge in [-0.05, 0) is 6.07 Å². The number of aromatic amines is 1. The molecule has 1 aromatic heterocycles. The molecule has 0 saturated heterocycles. The summed E-state index contributed by atoms with van der Waals surface area (Å²) in [6.45, 7) is 0. The number of para-hydroxylation sites is 1. The lowest BCUT2D eigenvalue weighted by atomic mass is 10.00. The minimum absolute atomic E-state index is 0.287. The number of aromatic nitrogens is 1. The largest absolute Gasteiger partial charge is 0.380 e. The highest BCUT2D eigenvalue weighted by atomic mass is 16.3. The summed E-state index contributed by atoms with van der Waals surface area (Å²) in [5.41, 5.74) is 2.04. The Morgan fingerprint density at radius 3 is 2.47 bits per heavy atom. The number of aliphatic hydroxyl groups excluding tert-OH is 1. The Balaban J connectivity index is 2.00. The maximum Gasteiger partial charge on any atom is 0.195 e. The van der Waals surface area contributed by atoms with Crippen LogP contribution in [0.3, 0.4) is 0 Å². The summed E-state index contributed by atoms with van der Waals surface area (Å²) in [5, 5.41) is 11.1. The van der Waals surface area contributed by atoms with Gasteiger partial charge in [0, 0.05) is 28.2 Å². The number of Topliss-reactive ketones (excluding diaryl/α,β-unsaturated/α-hetero) is 1. The molecule has 3 nitrogen and oxygen atoms in total. The highest BCUT2D eigenvalue weighted by Gasteiger charge is 2.21. The minimum atomic E-state index is -1.14. The van der Waals surface area contributed by atoms with Gasteiger partial charge in [0.2, 0.25) is 0 Å². The fraction of sp³-hybridized carbons (Fsp3) is 0.0625. The molecule has 1 atom stereocenters. The summed E-state index contributed by atoms with van der Waals surface area (Å²) in [6.07, 6.45) is 0.550. The van der Waals surface area contributed by atoms with Gasteiger partial charge in [-0.2, -0.15) is 0 Å². The van der Waals surface area contributed by atoms with E-state index in [-0.39, 0.29) is 5.78 Å². The van der Waals surface area contributed by atoms with Crippen LogP contribution in [0, 0.1) is 0 Å². The number of fused-ring (bicyclic) bond motifs is 1. The molecule has 2 aromatic carbocycles. The van der Waals surface area contributed by atoms with Crippen LogP contribution in [-0.4, -0.2) is 15.9 Å². The maximum atomic E-state index is 12.2. The predicted octanol–water partition coefficient (Wildman–Crippen LogP) is 3.08. The second kappa shape index (κ2) is 4.71. The Bertz CT molecular complexity index is 716. The number of ketones is 1. The molecule has 94 valence electrons. The lowest BCUT2D eigenvalue weighted by molar-refractivity contribution is 0.0750. The summed E-state index contributed by atoms with van der Waals surface area (Å²) in [6, 6.07) is 16.4. The van der Waals surface area contributed by atoms with Crippen LogP contribution < -0.4 is 0 Å². The minimum Gasteiger partial charge on any atom is -0.380 e. The van der Waals surface area contributed by atoms with Crippen molar-refractivity contribution in [3.05, 3.63) is 71.9 Å². The Morgan fingerprint density at radius 2 is 1.68 bits per heavy atom. The van der Waals surface area contributed by atoms with Gasteiger partial charge in [-0.1, -0.05) is 48.5 Å². The number of benzene rings is 2. The first-order valence-electron chi connectivity index (χ1n) is 6.11. The van der Waals surface area contributed by atoms with E-state index < -0.39 is 6.10 Å². The zero-order valence-corrected chi connectivity index (χ0v) is 10.2. The van der Waals surface area contributed by atoms with Crippen LogP contribution in [0.15, 0.2) is 60.8 Å². The highest BCUT2D eigenvalue weighted by Crippen LogP contribution is 2.26. The molecule has 3 rings (SSSR count). The first kappa shape index (κ1) is 11.7. The molecular weight excluding hydrogens is 238 g/mol. The maximum absolute atomic E-state index is 12.2. The van der Waals surface area contributed by atoms with E-state index in [1.807, 2.05) is 30.3 Å². The zero-order chi connectivity index (χ0) is 13.2. The van der Waals surface area contributed by atoms with E-state index in [2.05, 4.69) is 4.98 Å². The topological polar surface area (TPSA) is 53.1 Å². The Morgan fingerprint density at radius 1 is 1.00 bits per heavy atom. The van der Waals surface area contributed by atoms with E-state index in [9.17, 15) is 9.90 Å². The van der Waals surface area contributed by atoms with E-state index in [0.29, 0.717) is 11.1 Å². The van der Waals surface area contributed by atoms with Crippen LogP contribution in [0.5, 0.6) is 0 Å². The van der Waals surface area contributed by atoms with Gasteiger partial charge in [0.05, 0.1) is 0 Å². The van der Waals surface area contributed by atoms with Crippen LogP contribution in [0.25, 0.3) is 10.9 Å². The molecule has 0 bridgehead atoms. The van der Waals surface area contributed by atoms with Gasteiger partial charge in [0.25, 0.3) is 0 Å². The monoisotopic (exact) mass is 251 g/mol. The van der Waals surface area contributed by atoms with Gasteiger partial charge < -0.3 is 10.1 Å². The van der Waals surface area contributed by atoms with Gasteiger partial charge >= 0.3 is 0 Å². The van der Waals surface area contributed by atoms with Crippen molar-refractivity contribution in [3.8, 4) is 0 Å². The Labute approximate surface area is 110 Å². The molecule has 0 aliphatic carbocycles. The molecule has 0 radical (unpaired) electrons. The number of hydrogen-bond acceptors (Lipinski definition) is 2. The van der Waals surface area contributed by atoms with Crippen LogP contribution in [0.4, 0.5) is 0 Å². The van der Waals surface area contributed by atoms with Crippen molar-refractivity contribution < 1.29 is 9.90 Å². The van der Waals surface area contributed by atoms with E-state index in [0.717, 1.165) is 10.9 Å². The third kappa shape index (κ3) is 2.04. The SMILES string of the molecule is O=C(c1ccccc1)C(O)c1c[nH]c2ccccc12. The van der Waals surface area contributed by atoms with Crippen LogP contribution >= 0.6 is 0 Å². The van der Waals surface area contributed by atoms with Crippen LogP contribution in [-0.2, 0) is 0 Å². The van der Waals surface area contributed by atoms with E-state index in [1.165, 1.54) is 0 Å². The van der Waals surface area contributed by atoms with E-state index >= 15 is 0 Å². The Kier molecular flexibility index (Phi) is 2.89. The molecule has 2 N–H and O–H groups in total. The first-order valence-corrected chi connectivity index (χ1v) is 6.11. The zero-order valence-electron chi connectivity index (χ0n) is 10.2. The van der Waals surface area contributed by atoms with Crippen LogP contribution in [0.2, 0.25) is 0 Å². The molecular formula is C16H13NO2. The molecule has 0 aliphatic rings. The molecule has 1 unspecified atom stereocenters. The van der Waals surface area contributed by atoms with Crippen molar-refractivity contribution in [2.45, 2.75) is 6.10 Å². The number of carbonyl (C=O) groups is 1. The molecule has 0 aliphatic heterocycles. The van der Waals surface area contributed by atoms with Gasteiger partial charge in [-0.25, -0.2) is 0 Å². The first-order chi connectivity index (χ1) is 9.27. The third-order valence-electron chi connectivity index (χ3n) is 3.22. The van der Waals surface area contributed by atoms with Gasteiger partial charge in [0.15, 0.2) is 5.78 Å². The third-order valence-corrected chi connectivity index (χ3v) is 3.22. The molecule has 0 spiro atoms. The molecule has 0 fully saturated rings. The summed E-state index contributed by atoms with van der Waals surface area (Å²) in [7, 11) is 0. The van der Waals surface area contributed by atoms with Crippen molar-refractivity contribution in [3.63, 3.8) is 0 Å². The van der Waals surface area contributed by atoms with Crippen molar-refractivity contribution in [2.75, 3.05) is 0 Å². The summed E-state index contributed by atoms with van der Waals surface area (Å²) in [5.74, 6) is -0.287. The standard InChI is InChI=1S/C16H13NO2/c18-15(11-6-2-1-3-7-11)16(19)13-10-17-14-9-5-4-8-12(13)14/h1-10,16-17,19H. The number of carbonyl (C=O) groups excluding carboxylic acids is 1. The summed E-state index contributed by atoms with van der Waals surface area (Å²) < 4.78 is 0. The summed E-state index contributed by atoms with van der Waals surface area (Å²) in [4.78, 5) is 15.3. The molecule has 3 aromatic rings. The van der Waals surface area contributed by atoms with Crippen molar-refractivity contribution in [1.29, 1.82) is 0 Å². The second-order valence-electron chi connectivity index (χ2n) is 4.42. The van der Waals surface area contributed by atoms with Gasteiger partial charge in [-0.15, -0.1) is 0 Å². The quantitative estimate of drug-likeness (QED) is 0.703. The average Bonchev–Trinajstić information content (AvgIpc) is 2.90. The lowest BCUT2D eigenvalue weighted by Gasteiger charge is -2.08. The van der Waals surface area contributed by atoms with Crippen LogP contribution in [0.1, 0.15) is 22.0 Å². The number of aliphatic hydroxyl groups is 1. The molecule has 1 heterocycles. The lowest BCUT2D eigenvalue weighted by Crippen LogP contribution is -2.11. The van der Waals surface area contributed by atoms with E-state index in [1.54, 1.807) is 30.5 Å². The fourth-order valence-electron chi connectivity index (χ4n) is 2.22. The number of H-pyrrole nitrogens is 1. The van der Waals surface area contributed by atoms with E-state index in [4.69, 9.17) is 0 Å². The van der Waals surface area contributed by atoms with Crippen molar-refractivity contribution in [2.24, 2.45) is 0 Å². The normalized spacial score (nSPS) is 12.5. The smallest absolute Gasteiger partial charge is 0.195 e. The average molecular weight is 251 g/mol. The highest BCUT2D eigenvalue weighted by molar-refractivity contribution is 6.02. The van der Waals surface area contributed by atoms with Gasteiger partial charge in [-0.3, -0.25) is 4.79 Å². The number of rotatable bonds is 3. The molecule has 3 heteroatoms. The second-order valence-corrected chi connectivity index (χ2v) is 4.42. The Hall–Kier alpha value is -2.39. The van der Waals surface area contributed by atoms with Gasteiger partial charge in [0.1, 0.15) is 6.10 Å².